The molecule has 0 bridgehead atoms. The number of fused-ring (bicyclic) bond motifs is 1. The topological polar surface area (TPSA) is 99.0 Å². The zero-order valence-electron chi connectivity index (χ0n) is 19.4. The quantitative estimate of drug-likeness (QED) is 0.242. The van der Waals surface area contributed by atoms with Crippen molar-refractivity contribution < 1.29 is 14.3 Å². The molecule has 1 aliphatic rings. The highest BCUT2D eigenvalue weighted by molar-refractivity contribution is 7.99. The maximum Gasteiger partial charge on any atom is 0.350 e. The van der Waals surface area contributed by atoms with E-state index in [9.17, 15) is 9.59 Å². The van der Waals surface area contributed by atoms with Crippen molar-refractivity contribution in [2.75, 3.05) is 17.7 Å². The average molecular weight is 518 g/mol. The maximum atomic E-state index is 12.6. The first kappa shape index (κ1) is 24.6. The second-order valence-electron chi connectivity index (χ2n) is 8.10. The van der Waals surface area contributed by atoms with Crippen LogP contribution in [0.15, 0.2) is 23.2 Å². The molecule has 1 unspecified atom stereocenters. The number of thioether (sulfide) groups is 1. The Morgan fingerprint density at radius 2 is 2.24 bits per heavy atom. The minimum absolute atomic E-state index is 0.141. The molecule has 1 aliphatic carbocycles. The van der Waals surface area contributed by atoms with E-state index in [0.717, 1.165) is 35.6 Å². The van der Waals surface area contributed by atoms with Gasteiger partial charge in [-0.2, -0.15) is 0 Å². The van der Waals surface area contributed by atoms with Crippen LogP contribution in [-0.4, -0.2) is 44.0 Å². The van der Waals surface area contributed by atoms with Crippen LogP contribution in [0, 0.1) is 12.8 Å². The van der Waals surface area contributed by atoms with Gasteiger partial charge in [-0.3, -0.25) is 9.36 Å². The standard InChI is InChI=1S/C23H27N5O3S3/c1-5-9-28-20(16-11-32-17-10-13(3)7-8-15(16)17)26-27-23(28)33-12-18(29)25-22-24-14(4)19(34-22)21(30)31-6-2/h5,11,13H,1,6-10,12H2,2-4H3,(H,24,25,29). The van der Waals surface area contributed by atoms with Crippen LogP contribution in [0.1, 0.15) is 46.1 Å². The molecular weight excluding hydrogens is 490 g/mol. The SMILES string of the molecule is C=CCn1c(SCC(=O)Nc2nc(C)c(C(=O)OCC)s2)nnc1-c1csc2c1CCC(C)C2. The third-order valence-corrected chi connectivity index (χ3v) is 8.58. The van der Waals surface area contributed by atoms with Gasteiger partial charge >= 0.3 is 5.97 Å². The lowest BCUT2D eigenvalue weighted by atomic mass is 9.88. The van der Waals surface area contributed by atoms with Gasteiger partial charge in [0, 0.05) is 22.4 Å². The Morgan fingerprint density at radius 1 is 1.41 bits per heavy atom. The molecule has 1 N–H and O–H groups in total. The molecule has 0 fully saturated rings. The molecule has 0 saturated carbocycles. The van der Waals surface area contributed by atoms with Crippen LogP contribution in [0.3, 0.4) is 0 Å². The third kappa shape index (κ3) is 5.26. The number of hydrogen-bond donors (Lipinski definition) is 1. The van der Waals surface area contributed by atoms with Crippen LogP contribution in [0.2, 0.25) is 0 Å². The molecule has 4 rings (SSSR count). The fraction of sp³-hybridized carbons (Fsp3) is 0.435. The molecular formula is C23H27N5O3S3. The summed E-state index contributed by atoms with van der Waals surface area (Å²) >= 11 is 4.22. The molecule has 1 amide bonds. The lowest BCUT2D eigenvalue weighted by Gasteiger charge is -2.19. The monoisotopic (exact) mass is 517 g/mol. The Kier molecular flexibility index (Phi) is 7.84. The number of thiazole rings is 1. The number of aryl methyl sites for hydroxylation is 1. The second-order valence-corrected chi connectivity index (χ2v) is 11.0. The van der Waals surface area contributed by atoms with Crippen LogP contribution >= 0.6 is 34.4 Å². The Bertz CT molecular complexity index is 1210. The number of anilines is 1. The van der Waals surface area contributed by atoms with E-state index in [2.05, 4.69) is 39.4 Å². The summed E-state index contributed by atoms with van der Waals surface area (Å²) in [6.07, 6.45) is 5.17. The van der Waals surface area contributed by atoms with Gasteiger partial charge in [0.15, 0.2) is 16.1 Å². The number of hydrogen-bond acceptors (Lipinski definition) is 9. The first-order chi connectivity index (χ1) is 16.4. The smallest absolute Gasteiger partial charge is 0.350 e. The van der Waals surface area contributed by atoms with Crippen molar-refractivity contribution in [3.8, 4) is 11.4 Å². The lowest BCUT2D eigenvalue weighted by Crippen LogP contribution is -2.14. The van der Waals surface area contributed by atoms with E-state index in [-0.39, 0.29) is 18.3 Å². The Balaban J connectivity index is 1.45. The van der Waals surface area contributed by atoms with Crippen molar-refractivity contribution in [1.29, 1.82) is 0 Å². The average Bonchev–Trinajstić information content (AvgIpc) is 3.49. The highest BCUT2D eigenvalue weighted by atomic mass is 32.2. The van der Waals surface area contributed by atoms with Crippen LogP contribution in [0.25, 0.3) is 11.4 Å². The Hall–Kier alpha value is -2.50. The minimum atomic E-state index is -0.428. The van der Waals surface area contributed by atoms with Gasteiger partial charge in [0.2, 0.25) is 5.91 Å². The van der Waals surface area contributed by atoms with E-state index in [1.165, 1.54) is 28.6 Å². The van der Waals surface area contributed by atoms with E-state index in [4.69, 9.17) is 4.74 Å². The second kappa shape index (κ2) is 10.8. The van der Waals surface area contributed by atoms with Crippen LogP contribution < -0.4 is 5.32 Å². The summed E-state index contributed by atoms with van der Waals surface area (Å²) < 4.78 is 7.04. The van der Waals surface area contributed by atoms with Gasteiger partial charge in [-0.05, 0) is 44.6 Å². The molecule has 0 saturated heterocycles. The van der Waals surface area contributed by atoms with Crippen LogP contribution in [0.4, 0.5) is 5.13 Å². The van der Waals surface area contributed by atoms with E-state index < -0.39 is 5.97 Å². The van der Waals surface area contributed by atoms with Crippen LogP contribution in [0.5, 0.6) is 0 Å². The summed E-state index contributed by atoms with van der Waals surface area (Å²) in [7, 11) is 0. The number of allylic oxidation sites excluding steroid dienone is 1. The van der Waals surface area contributed by atoms with Gasteiger partial charge in [0.25, 0.3) is 0 Å². The molecule has 3 aromatic heterocycles. The molecule has 180 valence electrons. The Morgan fingerprint density at radius 3 is 3.00 bits per heavy atom. The summed E-state index contributed by atoms with van der Waals surface area (Å²) in [5, 5.41) is 14.8. The molecule has 8 nitrogen and oxygen atoms in total. The number of rotatable bonds is 9. The third-order valence-electron chi connectivity index (χ3n) is 5.51. The summed E-state index contributed by atoms with van der Waals surface area (Å²) in [5.74, 6) is 1.02. The van der Waals surface area contributed by atoms with Crippen molar-refractivity contribution in [3.63, 3.8) is 0 Å². The van der Waals surface area contributed by atoms with Gasteiger partial charge in [-0.25, -0.2) is 9.78 Å². The number of thiophene rings is 1. The summed E-state index contributed by atoms with van der Waals surface area (Å²) in [6.45, 7) is 10.5. The molecule has 0 spiro atoms. The molecule has 1 atom stereocenters. The number of ether oxygens (including phenoxy) is 1. The number of carbonyl (C=O) groups excluding carboxylic acids is 2. The largest absolute Gasteiger partial charge is 0.462 e. The van der Waals surface area contributed by atoms with Crippen molar-refractivity contribution >= 4 is 51.4 Å². The Labute approximate surface area is 210 Å². The minimum Gasteiger partial charge on any atom is -0.462 e. The molecule has 11 heteroatoms. The highest BCUT2D eigenvalue weighted by Gasteiger charge is 2.25. The molecule has 0 radical (unpaired) electrons. The predicted octanol–water partition coefficient (Wildman–Crippen LogP) is 4.99. The maximum absolute atomic E-state index is 12.6. The van der Waals surface area contributed by atoms with Gasteiger partial charge in [-0.1, -0.05) is 36.1 Å². The zero-order valence-corrected chi connectivity index (χ0v) is 21.9. The fourth-order valence-electron chi connectivity index (χ4n) is 3.87. The molecule has 3 heterocycles. The van der Waals surface area contributed by atoms with Crippen molar-refractivity contribution in [1.82, 2.24) is 19.7 Å². The number of amides is 1. The van der Waals surface area contributed by atoms with E-state index >= 15 is 0 Å². The summed E-state index contributed by atoms with van der Waals surface area (Å²) in [6, 6.07) is 0. The van der Waals surface area contributed by atoms with Gasteiger partial charge in [0.1, 0.15) is 4.88 Å². The number of esters is 1. The summed E-state index contributed by atoms with van der Waals surface area (Å²) in [4.78, 5) is 30.7. The van der Waals surface area contributed by atoms with Gasteiger partial charge in [0.05, 0.1) is 18.1 Å². The molecule has 0 aromatic carbocycles. The van der Waals surface area contributed by atoms with E-state index in [1.54, 1.807) is 25.2 Å². The molecule has 34 heavy (non-hydrogen) atoms. The number of aromatic nitrogens is 4. The van der Waals surface area contributed by atoms with E-state index in [0.29, 0.717) is 33.3 Å². The van der Waals surface area contributed by atoms with E-state index in [1.807, 2.05) is 10.6 Å². The lowest BCUT2D eigenvalue weighted by molar-refractivity contribution is -0.113. The van der Waals surface area contributed by atoms with Crippen molar-refractivity contribution in [2.24, 2.45) is 5.92 Å². The first-order valence-electron chi connectivity index (χ1n) is 11.1. The van der Waals surface area contributed by atoms with Gasteiger partial charge in [-0.15, -0.1) is 28.1 Å². The summed E-state index contributed by atoms with van der Waals surface area (Å²) in [5.41, 5.74) is 3.06. The highest BCUT2D eigenvalue weighted by Crippen LogP contribution is 2.38. The number of nitrogens with one attached hydrogen (secondary N) is 1. The fourth-order valence-corrected chi connectivity index (χ4v) is 6.74. The first-order valence-corrected chi connectivity index (χ1v) is 13.8. The van der Waals surface area contributed by atoms with Crippen molar-refractivity contribution in [2.45, 2.75) is 51.7 Å². The number of nitrogens with zero attached hydrogens (tertiary/aromatic N) is 4. The number of carbonyl (C=O) groups is 2. The predicted molar refractivity (Wildman–Crippen MR) is 137 cm³/mol. The van der Waals surface area contributed by atoms with Crippen molar-refractivity contribution in [3.05, 3.63) is 39.0 Å². The normalized spacial score (nSPS) is 15.1. The molecule has 3 aromatic rings. The van der Waals surface area contributed by atoms with Crippen LogP contribution in [-0.2, 0) is 28.9 Å². The zero-order chi connectivity index (χ0) is 24.2. The van der Waals surface area contributed by atoms with Gasteiger partial charge < -0.3 is 10.1 Å². The molecule has 0 aliphatic heterocycles.